The molecule has 1 atom stereocenters. The van der Waals surface area contributed by atoms with Gasteiger partial charge in [0, 0.05) is 25.5 Å². The third-order valence-corrected chi connectivity index (χ3v) is 4.62. The summed E-state index contributed by atoms with van der Waals surface area (Å²) in [7, 11) is 1.69. The Hall–Kier alpha value is -2.80. The Morgan fingerprint density at radius 1 is 1.27 bits per heavy atom. The first kappa shape index (κ1) is 16.7. The first-order valence-electron chi connectivity index (χ1n) is 8.77. The second-order valence-corrected chi connectivity index (χ2v) is 6.46. The number of nitrogens with zero attached hydrogens (tertiary/aromatic N) is 5. The van der Waals surface area contributed by atoms with Gasteiger partial charge in [-0.15, -0.1) is 10.2 Å². The van der Waals surface area contributed by atoms with Crippen molar-refractivity contribution < 1.29 is 9.15 Å². The lowest BCUT2D eigenvalue weighted by molar-refractivity contribution is 0.186. The van der Waals surface area contributed by atoms with Crippen LogP contribution in [0.2, 0.25) is 0 Å². The van der Waals surface area contributed by atoms with E-state index < -0.39 is 0 Å². The highest BCUT2D eigenvalue weighted by Crippen LogP contribution is 2.28. The third-order valence-electron chi connectivity index (χ3n) is 4.62. The van der Waals surface area contributed by atoms with Gasteiger partial charge in [0.15, 0.2) is 0 Å². The summed E-state index contributed by atoms with van der Waals surface area (Å²) in [6.45, 7) is 2.86. The van der Waals surface area contributed by atoms with Gasteiger partial charge in [-0.25, -0.2) is 4.98 Å². The van der Waals surface area contributed by atoms with Crippen LogP contribution in [0.5, 0.6) is 5.75 Å². The minimum absolute atomic E-state index is 0.243. The molecule has 1 aromatic carbocycles. The van der Waals surface area contributed by atoms with Gasteiger partial charge < -0.3 is 9.15 Å². The molecule has 1 aliphatic rings. The van der Waals surface area contributed by atoms with Crippen LogP contribution in [-0.4, -0.2) is 45.3 Å². The minimum Gasteiger partial charge on any atom is -0.497 e. The van der Waals surface area contributed by atoms with E-state index in [0.717, 1.165) is 38.2 Å². The van der Waals surface area contributed by atoms with Gasteiger partial charge in [0.05, 0.1) is 19.2 Å². The van der Waals surface area contributed by atoms with Crippen LogP contribution < -0.4 is 4.74 Å². The van der Waals surface area contributed by atoms with E-state index in [9.17, 15) is 0 Å². The number of hydrogen-bond donors (Lipinski definition) is 0. The van der Waals surface area contributed by atoms with Gasteiger partial charge >= 0.3 is 0 Å². The summed E-state index contributed by atoms with van der Waals surface area (Å²) in [4.78, 5) is 10.7. The normalized spacial score (nSPS) is 18.0. The second kappa shape index (κ2) is 7.61. The molecule has 2 aromatic heterocycles. The summed E-state index contributed by atoms with van der Waals surface area (Å²) in [6, 6.07) is 8.21. The maximum absolute atomic E-state index is 5.87. The van der Waals surface area contributed by atoms with Gasteiger partial charge in [-0.2, -0.15) is 0 Å². The molecule has 7 heteroatoms. The van der Waals surface area contributed by atoms with Gasteiger partial charge in [-0.3, -0.25) is 9.88 Å². The number of piperidine rings is 1. The number of methoxy groups -OCH3 is 1. The number of ether oxygens (including phenoxy) is 1. The number of aromatic nitrogens is 4. The molecule has 3 heterocycles. The molecule has 7 nitrogen and oxygen atoms in total. The third kappa shape index (κ3) is 3.72. The van der Waals surface area contributed by atoms with Crippen molar-refractivity contribution in [1.29, 1.82) is 0 Å². The van der Waals surface area contributed by atoms with E-state index in [1.807, 2.05) is 12.1 Å². The zero-order valence-electron chi connectivity index (χ0n) is 14.7. The van der Waals surface area contributed by atoms with Gasteiger partial charge in [0.1, 0.15) is 11.4 Å². The van der Waals surface area contributed by atoms with Crippen LogP contribution in [0.1, 0.15) is 30.2 Å². The van der Waals surface area contributed by atoms with Crippen molar-refractivity contribution in [2.45, 2.75) is 25.3 Å². The molecule has 1 aliphatic heterocycles. The summed E-state index contributed by atoms with van der Waals surface area (Å²) < 4.78 is 11.2. The maximum atomic E-state index is 5.87. The van der Waals surface area contributed by atoms with Crippen LogP contribution in [0.4, 0.5) is 0 Å². The average Bonchev–Trinajstić information content (AvgIpc) is 3.19. The minimum atomic E-state index is 0.243. The summed E-state index contributed by atoms with van der Waals surface area (Å²) >= 11 is 0. The predicted octanol–water partition coefficient (Wildman–Crippen LogP) is 2.91. The van der Waals surface area contributed by atoms with Crippen molar-refractivity contribution in [1.82, 2.24) is 25.1 Å². The molecule has 0 saturated carbocycles. The molecule has 0 amide bonds. The summed E-state index contributed by atoms with van der Waals surface area (Å²) in [6.07, 6.45) is 7.04. The highest BCUT2D eigenvalue weighted by Gasteiger charge is 2.26. The molecule has 1 fully saturated rings. The molecule has 1 saturated heterocycles. The first-order valence-corrected chi connectivity index (χ1v) is 8.77. The van der Waals surface area contributed by atoms with Crippen molar-refractivity contribution in [2.75, 3.05) is 20.2 Å². The molecule has 134 valence electrons. The van der Waals surface area contributed by atoms with Crippen molar-refractivity contribution in [3.63, 3.8) is 0 Å². The van der Waals surface area contributed by atoms with Crippen LogP contribution in [-0.2, 0) is 6.54 Å². The highest BCUT2D eigenvalue weighted by molar-refractivity contribution is 5.43. The Balaban J connectivity index is 1.44. The number of rotatable bonds is 5. The van der Waals surface area contributed by atoms with Gasteiger partial charge in [-0.1, -0.05) is 12.1 Å². The molecule has 0 spiro atoms. The first-order chi connectivity index (χ1) is 12.8. The van der Waals surface area contributed by atoms with Crippen LogP contribution in [0.15, 0.2) is 47.3 Å². The monoisotopic (exact) mass is 351 g/mol. The quantitative estimate of drug-likeness (QED) is 0.699. The molecular weight excluding hydrogens is 330 g/mol. The second-order valence-electron chi connectivity index (χ2n) is 6.46. The predicted molar refractivity (Wildman–Crippen MR) is 95.6 cm³/mol. The van der Waals surface area contributed by atoms with Gasteiger partial charge in [0.25, 0.3) is 5.89 Å². The molecule has 0 bridgehead atoms. The van der Waals surface area contributed by atoms with Crippen LogP contribution >= 0.6 is 0 Å². The molecular formula is C19H21N5O2. The van der Waals surface area contributed by atoms with E-state index in [2.05, 4.69) is 37.2 Å². The van der Waals surface area contributed by atoms with Crippen LogP contribution in [0.25, 0.3) is 11.6 Å². The Morgan fingerprint density at radius 2 is 2.23 bits per heavy atom. The molecule has 4 rings (SSSR count). The van der Waals surface area contributed by atoms with Gasteiger partial charge in [-0.05, 0) is 37.1 Å². The lowest BCUT2D eigenvalue weighted by Crippen LogP contribution is -2.34. The fourth-order valence-electron chi connectivity index (χ4n) is 3.34. The van der Waals surface area contributed by atoms with E-state index in [-0.39, 0.29) is 5.92 Å². The van der Waals surface area contributed by atoms with Crippen molar-refractivity contribution in [3.8, 4) is 17.3 Å². The summed E-state index contributed by atoms with van der Waals surface area (Å²) in [5.41, 5.74) is 1.85. The lowest BCUT2D eigenvalue weighted by atomic mass is 9.97. The average molecular weight is 351 g/mol. The molecule has 0 aliphatic carbocycles. The fraction of sp³-hybridized carbons (Fsp3) is 0.368. The van der Waals surface area contributed by atoms with E-state index in [4.69, 9.17) is 9.15 Å². The number of benzene rings is 1. The van der Waals surface area contributed by atoms with Crippen LogP contribution in [0.3, 0.4) is 0 Å². The van der Waals surface area contributed by atoms with Crippen molar-refractivity contribution in [3.05, 3.63) is 54.3 Å². The fourth-order valence-corrected chi connectivity index (χ4v) is 3.34. The SMILES string of the molecule is COc1cccc(CN2CCCC(c3nnc(-c4cnccn4)o3)C2)c1. The van der Waals surface area contributed by atoms with Gasteiger partial charge in [0.2, 0.25) is 5.89 Å². The highest BCUT2D eigenvalue weighted by atomic mass is 16.5. The zero-order valence-corrected chi connectivity index (χ0v) is 14.7. The molecule has 1 unspecified atom stereocenters. The molecule has 3 aromatic rings. The Kier molecular flexibility index (Phi) is 4.88. The summed E-state index contributed by atoms with van der Waals surface area (Å²) in [5.74, 6) is 2.24. The molecule has 26 heavy (non-hydrogen) atoms. The Labute approximate surface area is 152 Å². The van der Waals surface area contributed by atoms with E-state index in [1.165, 1.54) is 5.56 Å². The van der Waals surface area contributed by atoms with E-state index >= 15 is 0 Å². The lowest BCUT2D eigenvalue weighted by Gasteiger charge is -2.31. The van der Waals surface area contributed by atoms with E-state index in [1.54, 1.807) is 25.7 Å². The zero-order chi connectivity index (χ0) is 17.8. The smallest absolute Gasteiger partial charge is 0.267 e. The molecule has 0 N–H and O–H groups in total. The number of likely N-dealkylation sites (tertiary alicyclic amines) is 1. The maximum Gasteiger partial charge on any atom is 0.267 e. The van der Waals surface area contributed by atoms with Crippen molar-refractivity contribution >= 4 is 0 Å². The topological polar surface area (TPSA) is 77.2 Å². The molecule has 0 radical (unpaired) electrons. The van der Waals surface area contributed by atoms with Crippen molar-refractivity contribution in [2.24, 2.45) is 0 Å². The van der Waals surface area contributed by atoms with Crippen LogP contribution in [0, 0.1) is 0 Å². The Morgan fingerprint density at radius 3 is 3.08 bits per heavy atom. The number of hydrogen-bond acceptors (Lipinski definition) is 7. The summed E-state index contributed by atoms with van der Waals surface area (Å²) in [5, 5.41) is 8.39. The largest absolute Gasteiger partial charge is 0.497 e. The Bertz CT molecular complexity index is 852. The van der Waals surface area contributed by atoms with E-state index in [0.29, 0.717) is 17.5 Å². The standard InChI is InChI=1S/C19H21N5O2/c1-25-16-6-2-4-14(10-16)12-24-9-3-5-15(13-24)18-22-23-19(26-18)17-11-20-7-8-21-17/h2,4,6-8,10-11,15H,3,5,9,12-13H2,1H3.